The van der Waals surface area contributed by atoms with Crippen LogP contribution in [0.2, 0.25) is 0 Å². The van der Waals surface area contributed by atoms with Gasteiger partial charge < -0.3 is 5.32 Å². The van der Waals surface area contributed by atoms with Gasteiger partial charge in [-0.25, -0.2) is 4.39 Å². The summed E-state index contributed by atoms with van der Waals surface area (Å²) in [7, 11) is 0. The number of hydrogen-bond donors (Lipinski definition) is 1. The summed E-state index contributed by atoms with van der Waals surface area (Å²) < 4.78 is 27.2. The zero-order valence-corrected chi connectivity index (χ0v) is 12.5. The molecule has 0 aliphatic rings. The second-order valence-electron chi connectivity index (χ2n) is 4.46. The molecule has 0 spiro atoms. The normalized spacial score (nSPS) is 12.0. The minimum Gasteiger partial charge on any atom is -0.378 e. The number of anilines is 1. The van der Waals surface area contributed by atoms with Crippen molar-refractivity contribution in [1.29, 1.82) is 0 Å². The van der Waals surface area contributed by atoms with Crippen molar-refractivity contribution >= 4 is 27.3 Å². The van der Waals surface area contributed by atoms with Crippen LogP contribution in [-0.4, -0.2) is 4.92 Å². The largest absolute Gasteiger partial charge is 0.378 e. The van der Waals surface area contributed by atoms with Crippen LogP contribution in [0.4, 0.5) is 20.2 Å². The van der Waals surface area contributed by atoms with Crippen LogP contribution in [0.1, 0.15) is 18.5 Å². The van der Waals surface area contributed by atoms with E-state index in [4.69, 9.17) is 0 Å². The monoisotopic (exact) mass is 356 g/mol. The molecular weight excluding hydrogens is 346 g/mol. The Balaban J connectivity index is 2.21. The summed E-state index contributed by atoms with van der Waals surface area (Å²) >= 11 is 3.26. The zero-order valence-electron chi connectivity index (χ0n) is 10.9. The standard InChI is InChI=1S/C14H11BrF2N2O2/c1-8(11-4-2-9(16)6-12(11)15)18-10-3-5-14(19(20)21)13(17)7-10/h2-8,18H,1H3. The number of nitro groups is 1. The van der Waals surface area contributed by atoms with Gasteiger partial charge in [-0.2, -0.15) is 4.39 Å². The number of halogens is 3. The van der Waals surface area contributed by atoms with Crippen LogP contribution in [0.5, 0.6) is 0 Å². The van der Waals surface area contributed by atoms with E-state index in [1.54, 1.807) is 6.07 Å². The van der Waals surface area contributed by atoms with Crippen molar-refractivity contribution in [3.8, 4) is 0 Å². The SMILES string of the molecule is CC(Nc1ccc([N+](=O)[O-])c(F)c1)c1ccc(F)cc1Br. The summed E-state index contributed by atoms with van der Waals surface area (Å²) in [6.45, 7) is 1.82. The third-order valence-electron chi connectivity index (χ3n) is 2.96. The first-order valence-corrected chi connectivity index (χ1v) is 6.83. The fraction of sp³-hybridized carbons (Fsp3) is 0.143. The van der Waals surface area contributed by atoms with Crippen molar-refractivity contribution in [3.05, 3.63) is 68.2 Å². The van der Waals surface area contributed by atoms with Crippen molar-refractivity contribution in [1.82, 2.24) is 0 Å². The van der Waals surface area contributed by atoms with Crippen molar-refractivity contribution in [2.45, 2.75) is 13.0 Å². The van der Waals surface area contributed by atoms with Crippen molar-refractivity contribution < 1.29 is 13.7 Å². The summed E-state index contributed by atoms with van der Waals surface area (Å²) in [5.74, 6) is -1.27. The lowest BCUT2D eigenvalue weighted by Crippen LogP contribution is -2.08. The highest BCUT2D eigenvalue weighted by atomic mass is 79.9. The Morgan fingerprint density at radius 1 is 1.24 bits per heavy atom. The van der Waals surface area contributed by atoms with Crippen LogP contribution in [-0.2, 0) is 0 Å². The Kier molecular flexibility index (Phi) is 4.52. The van der Waals surface area contributed by atoms with Gasteiger partial charge in [0, 0.05) is 28.3 Å². The molecule has 0 saturated heterocycles. The highest BCUT2D eigenvalue weighted by Crippen LogP contribution is 2.28. The fourth-order valence-electron chi connectivity index (χ4n) is 1.93. The molecule has 4 nitrogen and oxygen atoms in total. The molecule has 0 radical (unpaired) electrons. The number of rotatable bonds is 4. The first-order chi connectivity index (χ1) is 9.88. The summed E-state index contributed by atoms with van der Waals surface area (Å²) in [6, 6.07) is 7.63. The van der Waals surface area contributed by atoms with Gasteiger partial charge in [0.2, 0.25) is 5.82 Å². The van der Waals surface area contributed by atoms with Crippen molar-refractivity contribution in [2.75, 3.05) is 5.32 Å². The summed E-state index contributed by atoms with van der Waals surface area (Å²) in [4.78, 5) is 9.78. The highest BCUT2D eigenvalue weighted by Gasteiger charge is 2.15. The molecule has 0 aromatic heterocycles. The van der Waals surface area contributed by atoms with E-state index < -0.39 is 16.4 Å². The van der Waals surface area contributed by atoms with E-state index in [-0.39, 0.29) is 11.9 Å². The number of nitro benzene ring substituents is 1. The Hall–Kier alpha value is -2.02. The lowest BCUT2D eigenvalue weighted by Gasteiger charge is -2.17. The smallest absolute Gasteiger partial charge is 0.304 e. The molecule has 2 rings (SSSR count). The van der Waals surface area contributed by atoms with Gasteiger partial charge in [0.25, 0.3) is 0 Å². The second kappa shape index (κ2) is 6.17. The number of hydrogen-bond acceptors (Lipinski definition) is 3. The van der Waals surface area contributed by atoms with Gasteiger partial charge in [0.05, 0.1) is 4.92 Å². The van der Waals surface area contributed by atoms with Crippen LogP contribution in [0.3, 0.4) is 0 Å². The number of benzene rings is 2. The molecule has 0 fully saturated rings. The van der Waals surface area contributed by atoms with Gasteiger partial charge in [-0.3, -0.25) is 10.1 Å². The van der Waals surface area contributed by atoms with Gasteiger partial charge in [0.1, 0.15) is 5.82 Å². The van der Waals surface area contributed by atoms with Gasteiger partial charge in [-0.05, 0) is 30.7 Å². The van der Waals surface area contributed by atoms with E-state index in [1.165, 1.54) is 18.2 Å². The molecule has 2 aromatic rings. The van der Waals surface area contributed by atoms with Crippen LogP contribution in [0, 0.1) is 21.7 Å². The van der Waals surface area contributed by atoms with Crippen molar-refractivity contribution in [2.24, 2.45) is 0 Å². The van der Waals surface area contributed by atoms with Gasteiger partial charge >= 0.3 is 5.69 Å². The molecule has 0 amide bonds. The molecule has 1 N–H and O–H groups in total. The van der Waals surface area contributed by atoms with Gasteiger partial charge in [-0.15, -0.1) is 0 Å². The second-order valence-corrected chi connectivity index (χ2v) is 5.31. The quantitative estimate of drug-likeness (QED) is 0.631. The maximum atomic E-state index is 13.5. The maximum absolute atomic E-state index is 13.5. The first-order valence-electron chi connectivity index (χ1n) is 6.04. The van der Waals surface area contributed by atoms with E-state index >= 15 is 0 Å². The molecule has 0 aliphatic carbocycles. The molecule has 110 valence electrons. The lowest BCUT2D eigenvalue weighted by molar-refractivity contribution is -0.387. The first kappa shape index (κ1) is 15.4. The summed E-state index contributed by atoms with van der Waals surface area (Å²) in [5, 5.41) is 13.6. The van der Waals surface area contributed by atoms with Crippen LogP contribution in [0.15, 0.2) is 40.9 Å². The molecule has 0 aliphatic heterocycles. The molecule has 0 saturated carbocycles. The molecule has 0 heterocycles. The van der Waals surface area contributed by atoms with Crippen molar-refractivity contribution in [3.63, 3.8) is 0 Å². The molecular formula is C14H11BrF2N2O2. The van der Waals surface area contributed by atoms with Gasteiger partial charge in [-0.1, -0.05) is 22.0 Å². The van der Waals surface area contributed by atoms with E-state index in [9.17, 15) is 18.9 Å². The third-order valence-corrected chi connectivity index (χ3v) is 3.64. The predicted molar refractivity (Wildman–Crippen MR) is 79.2 cm³/mol. The Bertz CT molecular complexity index is 695. The summed E-state index contributed by atoms with van der Waals surface area (Å²) in [5.41, 5.74) is 0.619. The highest BCUT2D eigenvalue weighted by molar-refractivity contribution is 9.10. The molecule has 2 aromatic carbocycles. The Labute approximate surface area is 128 Å². The molecule has 1 atom stereocenters. The number of nitrogens with zero attached hydrogens (tertiary/aromatic N) is 1. The van der Waals surface area contributed by atoms with E-state index in [0.717, 1.165) is 17.7 Å². The van der Waals surface area contributed by atoms with Crippen LogP contribution < -0.4 is 5.32 Å². The average molecular weight is 357 g/mol. The molecule has 21 heavy (non-hydrogen) atoms. The lowest BCUT2D eigenvalue weighted by atomic mass is 10.1. The Morgan fingerprint density at radius 3 is 2.52 bits per heavy atom. The minimum absolute atomic E-state index is 0.235. The Morgan fingerprint density at radius 2 is 1.95 bits per heavy atom. The van der Waals surface area contributed by atoms with Crippen LogP contribution in [0.25, 0.3) is 0 Å². The number of nitrogens with one attached hydrogen (secondary N) is 1. The topological polar surface area (TPSA) is 55.2 Å². The molecule has 1 unspecified atom stereocenters. The third kappa shape index (κ3) is 3.55. The predicted octanol–water partition coefficient (Wildman–Crippen LogP) is 4.81. The maximum Gasteiger partial charge on any atom is 0.304 e. The average Bonchev–Trinajstić information content (AvgIpc) is 2.37. The zero-order chi connectivity index (χ0) is 15.6. The molecule has 7 heteroatoms. The van der Waals surface area contributed by atoms with Gasteiger partial charge in [0.15, 0.2) is 0 Å². The van der Waals surface area contributed by atoms with E-state index in [0.29, 0.717) is 10.2 Å². The fourth-order valence-corrected chi connectivity index (χ4v) is 2.62. The minimum atomic E-state index is -0.907. The summed E-state index contributed by atoms with van der Waals surface area (Å²) in [6.07, 6.45) is 0. The molecule has 0 bridgehead atoms. The van der Waals surface area contributed by atoms with E-state index in [2.05, 4.69) is 21.2 Å². The van der Waals surface area contributed by atoms with E-state index in [1.807, 2.05) is 6.92 Å². The van der Waals surface area contributed by atoms with Crippen LogP contribution >= 0.6 is 15.9 Å².